The molecule has 1 aromatic heterocycles. The molecule has 2 rings (SSSR count). The summed E-state index contributed by atoms with van der Waals surface area (Å²) in [5.41, 5.74) is 3.92. The molecule has 1 atom stereocenters. The molecule has 1 aliphatic rings. The van der Waals surface area contributed by atoms with Crippen molar-refractivity contribution in [2.45, 2.75) is 46.1 Å². The summed E-state index contributed by atoms with van der Waals surface area (Å²) in [6, 6.07) is 0.506. The third kappa shape index (κ3) is 2.29. The van der Waals surface area contributed by atoms with Crippen LogP contribution in [0.5, 0.6) is 0 Å². The maximum Gasteiger partial charge on any atom is 0.0644 e. The number of nitrogens with zero attached hydrogens (tertiary/aromatic N) is 2. The van der Waals surface area contributed by atoms with E-state index >= 15 is 0 Å². The fourth-order valence-corrected chi connectivity index (χ4v) is 2.53. The molecular formula is C13H23N3. The second-order valence-electron chi connectivity index (χ2n) is 5.00. The molecule has 0 bridgehead atoms. The smallest absolute Gasteiger partial charge is 0.0644 e. The highest BCUT2D eigenvalue weighted by molar-refractivity contribution is 5.28. The molecule has 3 heteroatoms. The zero-order valence-corrected chi connectivity index (χ0v) is 10.9. The third-order valence-corrected chi connectivity index (χ3v) is 3.63. The zero-order chi connectivity index (χ0) is 11.7. The van der Waals surface area contributed by atoms with Crippen molar-refractivity contribution in [2.75, 3.05) is 6.54 Å². The predicted molar refractivity (Wildman–Crippen MR) is 66.4 cm³/mol. The molecule has 0 aromatic carbocycles. The van der Waals surface area contributed by atoms with Gasteiger partial charge < -0.3 is 5.32 Å². The van der Waals surface area contributed by atoms with Gasteiger partial charge in [0, 0.05) is 24.3 Å². The first kappa shape index (κ1) is 11.6. The van der Waals surface area contributed by atoms with Crippen LogP contribution in [0.4, 0.5) is 0 Å². The molecular weight excluding hydrogens is 198 g/mol. The number of hydrogen-bond donors (Lipinski definition) is 1. The van der Waals surface area contributed by atoms with Gasteiger partial charge in [0.15, 0.2) is 0 Å². The molecule has 1 aromatic rings. The second-order valence-corrected chi connectivity index (χ2v) is 5.00. The van der Waals surface area contributed by atoms with Crippen LogP contribution in [0.25, 0.3) is 0 Å². The van der Waals surface area contributed by atoms with Gasteiger partial charge in [0.05, 0.1) is 5.69 Å². The first-order chi connectivity index (χ1) is 7.63. The summed E-state index contributed by atoms with van der Waals surface area (Å²) in [5, 5.41) is 8.13. The summed E-state index contributed by atoms with van der Waals surface area (Å²) >= 11 is 0. The van der Waals surface area contributed by atoms with E-state index in [1.807, 2.05) is 11.7 Å². The van der Waals surface area contributed by atoms with Gasteiger partial charge in [0.1, 0.15) is 0 Å². The Balaban J connectivity index is 2.21. The zero-order valence-electron chi connectivity index (χ0n) is 10.9. The molecule has 0 saturated heterocycles. The van der Waals surface area contributed by atoms with Crippen LogP contribution in [-0.2, 0) is 7.05 Å². The van der Waals surface area contributed by atoms with Crippen LogP contribution >= 0.6 is 0 Å². The van der Waals surface area contributed by atoms with Gasteiger partial charge in [0.2, 0.25) is 0 Å². The van der Waals surface area contributed by atoms with E-state index in [4.69, 9.17) is 0 Å². The molecule has 1 aliphatic carbocycles. The van der Waals surface area contributed by atoms with Crippen molar-refractivity contribution in [3.8, 4) is 0 Å². The monoisotopic (exact) mass is 221 g/mol. The minimum atomic E-state index is 0.506. The minimum absolute atomic E-state index is 0.506. The lowest BCUT2D eigenvalue weighted by Crippen LogP contribution is -2.22. The Bertz CT molecular complexity index is 363. The maximum absolute atomic E-state index is 4.52. The average Bonchev–Trinajstić information content (AvgIpc) is 2.97. The molecule has 0 aliphatic heterocycles. The molecule has 0 radical (unpaired) electrons. The van der Waals surface area contributed by atoms with Crippen LogP contribution in [0.15, 0.2) is 0 Å². The summed E-state index contributed by atoms with van der Waals surface area (Å²) in [7, 11) is 2.03. The minimum Gasteiger partial charge on any atom is -0.310 e. The Morgan fingerprint density at radius 1 is 1.44 bits per heavy atom. The van der Waals surface area contributed by atoms with Crippen LogP contribution in [0.3, 0.4) is 0 Å². The summed E-state index contributed by atoms with van der Waals surface area (Å²) < 4.78 is 2.00. The molecule has 1 saturated carbocycles. The largest absolute Gasteiger partial charge is 0.310 e. The Morgan fingerprint density at radius 2 is 2.12 bits per heavy atom. The highest BCUT2D eigenvalue weighted by atomic mass is 15.3. The number of aromatic nitrogens is 2. The standard InChI is InChI=1S/C13H23N3/c1-5-14-12(8-11-6-7-11)13-9(2)15-16(4)10(13)3/h11-12,14H,5-8H2,1-4H3. The van der Waals surface area contributed by atoms with Crippen LogP contribution in [0.2, 0.25) is 0 Å². The van der Waals surface area contributed by atoms with Crippen molar-refractivity contribution in [3.05, 3.63) is 17.0 Å². The molecule has 1 N–H and O–H groups in total. The van der Waals surface area contributed by atoms with E-state index in [1.165, 1.54) is 36.2 Å². The van der Waals surface area contributed by atoms with Gasteiger partial charge >= 0.3 is 0 Å². The van der Waals surface area contributed by atoms with Crippen molar-refractivity contribution in [3.63, 3.8) is 0 Å². The summed E-state index contributed by atoms with van der Waals surface area (Å²) in [6.07, 6.45) is 4.11. The van der Waals surface area contributed by atoms with Gasteiger partial charge in [-0.2, -0.15) is 5.10 Å². The molecule has 1 unspecified atom stereocenters. The topological polar surface area (TPSA) is 29.9 Å². The number of nitrogens with one attached hydrogen (secondary N) is 1. The lowest BCUT2D eigenvalue weighted by atomic mass is 9.99. The van der Waals surface area contributed by atoms with E-state index in [2.05, 4.69) is 31.2 Å². The van der Waals surface area contributed by atoms with Crippen molar-refractivity contribution < 1.29 is 0 Å². The Morgan fingerprint density at radius 3 is 2.56 bits per heavy atom. The van der Waals surface area contributed by atoms with Gasteiger partial charge in [-0.25, -0.2) is 0 Å². The highest BCUT2D eigenvalue weighted by Gasteiger charge is 2.28. The van der Waals surface area contributed by atoms with Gasteiger partial charge in [-0.05, 0) is 32.7 Å². The van der Waals surface area contributed by atoms with Gasteiger partial charge in [-0.15, -0.1) is 0 Å². The SMILES string of the molecule is CCNC(CC1CC1)c1c(C)nn(C)c1C. The maximum atomic E-state index is 4.52. The van der Waals surface area contributed by atoms with Gasteiger partial charge in [-0.1, -0.05) is 19.8 Å². The second kappa shape index (κ2) is 4.58. The molecule has 16 heavy (non-hydrogen) atoms. The lowest BCUT2D eigenvalue weighted by molar-refractivity contribution is 0.482. The first-order valence-electron chi connectivity index (χ1n) is 6.37. The predicted octanol–water partition coefficient (Wildman–Crippen LogP) is 2.49. The summed E-state index contributed by atoms with van der Waals surface area (Å²) in [5.74, 6) is 0.947. The van der Waals surface area contributed by atoms with E-state index < -0.39 is 0 Å². The molecule has 90 valence electrons. The van der Waals surface area contributed by atoms with Crippen LogP contribution in [-0.4, -0.2) is 16.3 Å². The first-order valence-corrected chi connectivity index (χ1v) is 6.37. The van der Waals surface area contributed by atoms with Crippen LogP contribution in [0, 0.1) is 19.8 Å². The summed E-state index contributed by atoms with van der Waals surface area (Å²) in [6.45, 7) is 7.51. The van der Waals surface area contributed by atoms with Crippen LogP contribution in [0.1, 0.15) is 49.2 Å². The number of rotatable bonds is 5. The number of aryl methyl sites for hydroxylation is 2. The average molecular weight is 221 g/mol. The van der Waals surface area contributed by atoms with E-state index in [1.54, 1.807) is 0 Å². The van der Waals surface area contributed by atoms with E-state index in [0.717, 1.165) is 12.5 Å². The Hall–Kier alpha value is -0.830. The van der Waals surface area contributed by atoms with Gasteiger partial charge in [-0.3, -0.25) is 4.68 Å². The molecule has 3 nitrogen and oxygen atoms in total. The number of hydrogen-bond acceptors (Lipinski definition) is 2. The third-order valence-electron chi connectivity index (χ3n) is 3.63. The van der Waals surface area contributed by atoms with Crippen molar-refractivity contribution in [1.29, 1.82) is 0 Å². The van der Waals surface area contributed by atoms with Crippen molar-refractivity contribution in [1.82, 2.24) is 15.1 Å². The summed E-state index contributed by atoms with van der Waals surface area (Å²) in [4.78, 5) is 0. The van der Waals surface area contributed by atoms with E-state index in [9.17, 15) is 0 Å². The Labute approximate surface area is 98.2 Å². The van der Waals surface area contributed by atoms with Gasteiger partial charge in [0.25, 0.3) is 0 Å². The highest BCUT2D eigenvalue weighted by Crippen LogP contribution is 2.38. The fourth-order valence-electron chi connectivity index (χ4n) is 2.53. The van der Waals surface area contributed by atoms with Crippen molar-refractivity contribution >= 4 is 0 Å². The van der Waals surface area contributed by atoms with Crippen molar-refractivity contribution in [2.24, 2.45) is 13.0 Å². The van der Waals surface area contributed by atoms with E-state index in [-0.39, 0.29) is 0 Å². The normalized spacial score (nSPS) is 17.8. The Kier molecular flexibility index (Phi) is 3.33. The fraction of sp³-hybridized carbons (Fsp3) is 0.769. The lowest BCUT2D eigenvalue weighted by Gasteiger charge is -2.18. The molecule has 1 fully saturated rings. The molecule has 0 amide bonds. The molecule has 1 heterocycles. The molecule has 0 spiro atoms. The van der Waals surface area contributed by atoms with Crippen LogP contribution < -0.4 is 5.32 Å². The van der Waals surface area contributed by atoms with E-state index in [0.29, 0.717) is 6.04 Å². The quantitative estimate of drug-likeness (QED) is 0.828.